The molecule has 0 aliphatic carbocycles. The number of nitrogens with zero attached hydrogens (tertiary/aromatic N) is 2. The van der Waals surface area contributed by atoms with Crippen molar-refractivity contribution < 1.29 is 23.1 Å². The minimum atomic E-state index is -0.663. The molecular formula is C20H21F2N3O3. The Labute approximate surface area is 161 Å². The molecule has 1 aliphatic heterocycles. The van der Waals surface area contributed by atoms with Crippen LogP contribution in [0.25, 0.3) is 0 Å². The molecule has 28 heavy (non-hydrogen) atoms. The molecule has 2 amide bonds. The first-order valence-electron chi connectivity index (χ1n) is 8.95. The number of benzene rings is 2. The molecule has 0 spiro atoms. The number of hydrogen-bond acceptors (Lipinski definition) is 4. The standard InChI is InChI=1S/C20H21F2N3O3/c21-16-6-7-18(17(22)12-16)24-8-10-25(11-9-24)19(26)13-23-20(27)28-14-15-4-2-1-3-5-15/h1-7,12H,8-11,13-14H2,(H,23,27). The molecule has 2 aromatic carbocycles. The molecule has 1 saturated heterocycles. The van der Waals surface area contributed by atoms with Crippen LogP contribution in [0, 0.1) is 11.6 Å². The molecule has 0 unspecified atom stereocenters. The number of halogens is 2. The van der Waals surface area contributed by atoms with Crippen molar-refractivity contribution in [1.29, 1.82) is 0 Å². The molecule has 0 radical (unpaired) electrons. The van der Waals surface area contributed by atoms with Crippen molar-refractivity contribution in [3.8, 4) is 0 Å². The molecule has 8 heteroatoms. The van der Waals surface area contributed by atoms with Gasteiger partial charge in [-0.25, -0.2) is 13.6 Å². The predicted octanol–water partition coefficient (Wildman–Crippen LogP) is 2.54. The molecule has 1 heterocycles. The van der Waals surface area contributed by atoms with Crippen molar-refractivity contribution >= 4 is 17.7 Å². The van der Waals surface area contributed by atoms with E-state index >= 15 is 0 Å². The molecule has 3 rings (SSSR count). The number of rotatable bonds is 5. The molecule has 1 fully saturated rings. The van der Waals surface area contributed by atoms with E-state index in [1.807, 2.05) is 30.3 Å². The van der Waals surface area contributed by atoms with Gasteiger partial charge in [0, 0.05) is 32.2 Å². The highest BCUT2D eigenvalue weighted by Crippen LogP contribution is 2.21. The molecule has 1 N–H and O–H groups in total. The van der Waals surface area contributed by atoms with Crippen LogP contribution in [0.2, 0.25) is 0 Å². The third kappa shape index (κ3) is 5.18. The van der Waals surface area contributed by atoms with Gasteiger partial charge in [0.05, 0.1) is 5.69 Å². The smallest absolute Gasteiger partial charge is 0.407 e. The second kappa shape index (κ2) is 9.16. The van der Waals surface area contributed by atoms with Crippen molar-refractivity contribution in [2.75, 3.05) is 37.6 Å². The van der Waals surface area contributed by atoms with Gasteiger partial charge < -0.3 is 19.9 Å². The summed E-state index contributed by atoms with van der Waals surface area (Å²) in [6.07, 6.45) is -0.663. The number of amides is 2. The summed E-state index contributed by atoms with van der Waals surface area (Å²) in [5.74, 6) is -1.49. The predicted molar refractivity (Wildman–Crippen MR) is 99.8 cm³/mol. The zero-order chi connectivity index (χ0) is 19.9. The van der Waals surface area contributed by atoms with Crippen molar-refractivity contribution in [2.45, 2.75) is 6.61 Å². The van der Waals surface area contributed by atoms with Crippen LogP contribution in [0.4, 0.5) is 19.3 Å². The highest BCUT2D eigenvalue weighted by molar-refractivity contribution is 5.82. The quantitative estimate of drug-likeness (QED) is 0.854. The number of nitrogens with one attached hydrogen (secondary N) is 1. The van der Waals surface area contributed by atoms with Crippen LogP contribution in [-0.4, -0.2) is 49.6 Å². The van der Waals surface area contributed by atoms with E-state index in [-0.39, 0.29) is 19.1 Å². The molecule has 0 bridgehead atoms. The Morgan fingerprint density at radius 3 is 2.39 bits per heavy atom. The average Bonchev–Trinajstić information content (AvgIpc) is 2.71. The number of carbonyl (C=O) groups excluding carboxylic acids is 2. The number of ether oxygens (including phenoxy) is 1. The first kappa shape index (κ1) is 19.6. The Balaban J connectivity index is 1.40. The van der Waals surface area contributed by atoms with E-state index in [2.05, 4.69) is 5.32 Å². The molecular weight excluding hydrogens is 368 g/mol. The van der Waals surface area contributed by atoms with Gasteiger partial charge in [-0.3, -0.25) is 4.79 Å². The number of hydrogen-bond donors (Lipinski definition) is 1. The van der Waals surface area contributed by atoms with Crippen molar-refractivity contribution in [3.05, 3.63) is 65.7 Å². The normalized spacial score (nSPS) is 13.9. The Bertz CT molecular complexity index is 825. The van der Waals surface area contributed by atoms with Crippen LogP contribution in [0.1, 0.15) is 5.56 Å². The van der Waals surface area contributed by atoms with Crippen LogP contribution >= 0.6 is 0 Å². The lowest BCUT2D eigenvalue weighted by molar-refractivity contribution is -0.130. The second-order valence-electron chi connectivity index (χ2n) is 6.38. The Morgan fingerprint density at radius 1 is 1.00 bits per heavy atom. The zero-order valence-electron chi connectivity index (χ0n) is 15.2. The van der Waals surface area contributed by atoms with Gasteiger partial charge in [-0.05, 0) is 17.7 Å². The Kier molecular flexibility index (Phi) is 6.41. The van der Waals surface area contributed by atoms with Gasteiger partial charge in [-0.1, -0.05) is 30.3 Å². The van der Waals surface area contributed by atoms with Crippen LogP contribution in [0.5, 0.6) is 0 Å². The van der Waals surface area contributed by atoms with Crippen molar-refractivity contribution in [1.82, 2.24) is 10.2 Å². The third-order valence-corrected chi connectivity index (χ3v) is 4.48. The summed E-state index contributed by atoms with van der Waals surface area (Å²) in [6.45, 7) is 1.58. The van der Waals surface area contributed by atoms with Gasteiger partial charge >= 0.3 is 6.09 Å². The summed E-state index contributed by atoms with van der Waals surface area (Å²) in [5, 5.41) is 2.44. The summed E-state index contributed by atoms with van der Waals surface area (Å²) in [6, 6.07) is 12.7. The number of carbonyl (C=O) groups is 2. The van der Waals surface area contributed by atoms with Gasteiger partial charge in [0.1, 0.15) is 24.8 Å². The third-order valence-electron chi connectivity index (χ3n) is 4.48. The van der Waals surface area contributed by atoms with E-state index in [0.717, 1.165) is 11.6 Å². The topological polar surface area (TPSA) is 61.9 Å². The molecule has 0 atom stereocenters. The first-order chi connectivity index (χ1) is 13.5. The summed E-state index contributed by atoms with van der Waals surface area (Å²) in [4.78, 5) is 27.3. The summed E-state index contributed by atoms with van der Waals surface area (Å²) in [7, 11) is 0. The zero-order valence-corrected chi connectivity index (χ0v) is 15.2. The first-order valence-corrected chi connectivity index (χ1v) is 8.95. The minimum Gasteiger partial charge on any atom is -0.445 e. The van der Waals surface area contributed by atoms with Gasteiger partial charge in [-0.2, -0.15) is 0 Å². The monoisotopic (exact) mass is 389 g/mol. The number of anilines is 1. The Morgan fingerprint density at radius 2 is 1.71 bits per heavy atom. The summed E-state index contributed by atoms with van der Waals surface area (Å²) < 4.78 is 32.0. The maximum Gasteiger partial charge on any atom is 0.407 e. The van der Waals surface area contributed by atoms with E-state index in [0.29, 0.717) is 31.9 Å². The van der Waals surface area contributed by atoms with Crippen LogP contribution < -0.4 is 10.2 Å². The number of alkyl carbamates (subject to hydrolysis) is 1. The van der Waals surface area contributed by atoms with Crippen LogP contribution in [0.3, 0.4) is 0 Å². The second-order valence-corrected chi connectivity index (χ2v) is 6.38. The lowest BCUT2D eigenvalue weighted by Crippen LogP contribution is -2.51. The fourth-order valence-corrected chi connectivity index (χ4v) is 2.97. The van der Waals surface area contributed by atoms with Gasteiger partial charge in [0.2, 0.25) is 5.91 Å². The van der Waals surface area contributed by atoms with E-state index < -0.39 is 17.7 Å². The highest BCUT2D eigenvalue weighted by atomic mass is 19.1. The maximum absolute atomic E-state index is 13.9. The summed E-state index contributed by atoms with van der Waals surface area (Å²) in [5.41, 5.74) is 1.17. The lowest BCUT2D eigenvalue weighted by Gasteiger charge is -2.36. The van der Waals surface area contributed by atoms with Crippen LogP contribution in [-0.2, 0) is 16.1 Å². The van der Waals surface area contributed by atoms with Crippen molar-refractivity contribution in [3.63, 3.8) is 0 Å². The Hall–Kier alpha value is -3.16. The van der Waals surface area contributed by atoms with Gasteiger partial charge in [-0.15, -0.1) is 0 Å². The minimum absolute atomic E-state index is 0.128. The van der Waals surface area contributed by atoms with E-state index in [4.69, 9.17) is 4.74 Å². The van der Waals surface area contributed by atoms with E-state index in [9.17, 15) is 18.4 Å². The molecule has 1 aliphatic rings. The molecule has 0 aromatic heterocycles. The van der Waals surface area contributed by atoms with Crippen LogP contribution in [0.15, 0.2) is 48.5 Å². The molecule has 2 aromatic rings. The molecule has 0 saturated carbocycles. The maximum atomic E-state index is 13.9. The van der Waals surface area contributed by atoms with Gasteiger partial charge in [0.15, 0.2) is 0 Å². The fourth-order valence-electron chi connectivity index (χ4n) is 2.97. The molecule has 6 nitrogen and oxygen atoms in total. The van der Waals surface area contributed by atoms with E-state index in [1.54, 1.807) is 9.80 Å². The largest absolute Gasteiger partial charge is 0.445 e. The fraction of sp³-hybridized carbons (Fsp3) is 0.300. The average molecular weight is 389 g/mol. The highest BCUT2D eigenvalue weighted by Gasteiger charge is 2.23. The summed E-state index contributed by atoms with van der Waals surface area (Å²) >= 11 is 0. The van der Waals surface area contributed by atoms with Gasteiger partial charge in [0.25, 0.3) is 0 Å². The number of piperazine rings is 1. The SMILES string of the molecule is O=C(NCC(=O)N1CCN(c2ccc(F)cc2F)CC1)OCc1ccccc1. The molecule has 148 valence electrons. The van der Waals surface area contributed by atoms with Crippen molar-refractivity contribution in [2.24, 2.45) is 0 Å². The lowest BCUT2D eigenvalue weighted by atomic mass is 10.2. The van der Waals surface area contributed by atoms with E-state index in [1.165, 1.54) is 12.1 Å².